The number of benzene rings is 2. The van der Waals surface area contributed by atoms with Gasteiger partial charge in [0.1, 0.15) is 0 Å². The van der Waals surface area contributed by atoms with Crippen LogP contribution in [-0.2, 0) is 29.8 Å². The van der Waals surface area contributed by atoms with Gasteiger partial charge in [-0.25, -0.2) is 8.42 Å². The summed E-state index contributed by atoms with van der Waals surface area (Å²) in [5.41, 5.74) is -0.191. The van der Waals surface area contributed by atoms with Crippen LogP contribution in [0.2, 0.25) is 0 Å². The predicted molar refractivity (Wildman–Crippen MR) is 124 cm³/mol. The molecule has 0 bridgehead atoms. The van der Waals surface area contributed by atoms with E-state index in [9.17, 15) is 18.0 Å². The van der Waals surface area contributed by atoms with Crippen LogP contribution in [0.5, 0.6) is 0 Å². The van der Waals surface area contributed by atoms with Crippen LogP contribution in [0.3, 0.4) is 0 Å². The zero-order valence-corrected chi connectivity index (χ0v) is 19.5. The molecule has 2 saturated heterocycles. The number of esters is 1. The summed E-state index contributed by atoms with van der Waals surface area (Å²) in [4.78, 5) is 27.9. The molecule has 2 heterocycles. The number of piperidine rings is 2. The molecule has 2 aliphatic heterocycles. The number of carbonyl (C=O) groups is 2. The molecule has 33 heavy (non-hydrogen) atoms. The highest BCUT2D eigenvalue weighted by atomic mass is 32.2. The highest BCUT2D eigenvalue weighted by Crippen LogP contribution is 2.38. The predicted octanol–water partition coefficient (Wildman–Crippen LogP) is 2.96. The van der Waals surface area contributed by atoms with Gasteiger partial charge in [-0.1, -0.05) is 48.5 Å². The molecule has 2 aromatic carbocycles. The lowest BCUT2D eigenvalue weighted by Gasteiger charge is -2.39. The Balaban J connectivity index is 1.49. The van der Waals surface area contributed by atoms with Gasteiger partial charge in [-0.15, -0.1) is 0 Å². The molecule has 8 heteroatoms. The SMILES string of the molecule is O=C(COC(=O)C1(c2ccccc2)CCN(S(=O)(=O)c2ccccc2)CC1)N1CCCCC1. The Bertz CT molecular complexity index is 1060. The van der Waals surface area contributed by atoms with Crippen LogP contribution in [0.25, 0.3) is 0 Å². The van der Waals surface area contributed by atoms with E-state index >= 15 is 0 Å². The van der Waals surface area contributed by atoms with E-state index in [0.717, 1.165) is 24.8 Å². The minimum Gasteiger partial charge on any atom is -0.455 e. The van der Waals surface area contributed by atoms with Crippen molar-refractivity contribution in [3.63, 3.8) is 0 Å². The fraction of sp³-hybridized carbons (Fsp3) is 0.440. The molecule has 0 unspecified atom stereocenters. The summed E-state index contributed by atoms with van der Waals surface area (Å²) in [6.45, 7) is 1.51. The van der Waals surface area contributed by atoms with Crippen LogP contribution >= 0.6 is 0 Å². The molecule has 2 aliphatic rings. The second kappa shape index (κ2) is 10.1. The van der Waals surface area contributed by atoms with Gasteiger partial charge in [0.05, 0.1) is 10.3 Å². The lowest BCUT2D eigenvalue weighted by atomic mass is 9.73. The third kappa shape index (κ3) is 4.96. The van der Waals surface area contributed by atoms with E-state index in [0.29, 0.717) is 25.9 Å². The van der Waals surface area contributed by atoms with Crippen molar-refractivity contribution in [3.05, 3.63) is 66.2 Å². The maximum atomic E-state index is 13.4. The number of hydrogen-bond acceptors (Lipinski definition) is 5. The molecule has 0 saturated carbocycles. The number of amides is 1. The summed E-state index contributed by atoms with van der Waals surface area (Å²) >= 11 is 0. The molecule has 0 aliphatic carbocycles. The number of rotatable bonds is 6. The maximum absolute atomic E-state index is 13.4. The summed E-state index contributed by atoms with van der Waals surface area (Å²) in [5.74, 6) is -0.633. The number of ether oxygens (including phenoxy) is 1. The Morgan fingerprint density at radius 3 is 2.00 bits per heavy atom. The van der Waals surface area contributed by atoms with Crippen LogP contribution in [0.15, 0.2) is 65.6 Å². The first-order chi connectivity index (χ1) is 15.9. The van der Waals surface area contributed by atoms with Gasteiger partial charge in [-0.3, -0.25) is 9.59 Å². The standard InChI is InChI=1S/C25H30N2O5S/c28-23(26-16-8-3-9-17-26)20-32-24(29)25(21-10-4-1-5-11-21)14-18-27(19-15-25)33(30,31)22-12-6-2-7-13-22/h1-2,4-7,10-13H,3,8-9,14-20H2. The molecule has 2 aromatic rings. The summed E-state index contributed by atoms with van der Waals surface area (Å²) < 4.78 is 33.1. The normalized spacial score (nSPS) is 19.1. The van der Waals surface area contributed by atoms with Crippen LogP contribution in [0.1, 0.15) is 37.7 Å². The van der Waals surface area contributed by atoms with E-state index in [2.05, 4.69) is 0 Å². The third-order valence-corrected chi connectivity index (χ3v) is 8.62. The van der Waals surface area contributed by atoms with Gasteiger partial charge in [0.15, 0.2) is 6.61 Å². The largest absolute Gasteiger partial charge is 0.455 e. The quantitative estimate of drug-likeness (QED) is 0.606. The van der Waals surface area contributed by atoms with E-state index in [1.165, 1.54) is 4.31 Å². The lowest BCUT2D eigenvalue weighted by Crippen LogP contribution is -2.50. The minimum absolute atomic E-state index is 0.171. The first-order valence-electron chi connectivity index (χ1n) is 11.5. The zero-order chi connectivity index (χ0) is 23.3. The number of hydrogen-bond donors (Lipinski definition) is 0. The van der Waals surface area contributed by atoms with E-state index in [1.54, 1.807) is 35.2 Å². The third-order valence-electron chi connectivity index (χ3n) is 6.71. The Labute approximate surface area is 195 Å². The average molecular weight is 471 g/mol. The zero-order valence-electron chi connectivity index (χ0n) is 18.7. The Kier molecular flexibility index (Phi) is 7.14. The first-order valence-corrected chi connectivity index (χ1v) is 12.9. The molecule has 0 spiro atoms. The van der Waals surface area contributed by atoms with Crippen LogP contribution in [-0.4, -0.2) is 62.3 Å². The molecule has 7 nitrogen and oxygen atoms in total. The van der Waals surface area contributed by atoms with Crippen molar-refractivity contribution < 1.29 is 22.7 Å². The number of carbonyl (C=O) groups excluding carboxylic acids is 2. The average Bonchev–Trinajstić information content (AvgIpc) is 2.88. The van der Waals surface area contributed by atoms with Gasteiger partial charge in [0, 0.05) is 26.2 Å². The van der Waals surface area contributed by atoms with E-state index in [4.69, 9.17) is 4.74 Å². The van der Waals surface area contributed by atoms with Gasteiger partial charge in [0.25, 0.3) is 5.91 Å². The van der Waals surface area contributed by atoms with Gasteiger partial charge >= 0.3 is 5.97 Å². The van der Waals surface area contributed by atoms with Gasteiger partial charge < -0.3 is 9.64 Å². The van der Waals surface area contributed by atoms with Gasteiger partial charge in [-0.2, -0.15) is 4.31 Å². The lowest BCUT2D eigenvalue weighted by molar-refractivity contribution is -0.158. The van der Waals surface area contributed by atoms with Crippen molar-refractivity contribution in [3.8, 4) is 0 Å². The monoisotopic (exact) mass is 470 g/mol. The Morgan fingerprint density at radius 1 is 0.818 bits per heavy atom. The molecule has 0 aromatic heterocycles. The molecule has 0 radical (unpaired) electrons. The second-order valence-electron chi connectivity index (χ2n) is 8.68. The van der Waals surface area contributed by atoms with E-state index < -0.39 is 21.4 Å². The summed E-state index contributed by atoms with van der Waals surface area (Å²) in [6, 6.07) is 17.7. The van der Waals surface area contributed by atoms with Crippen molar-refractivity contribution in [1.29, 1.82) is 0 Å². The maximum Gasteiger partial charge on any atom is 0.317 e. The minimum atomic E-state index is -3.64. The molecule has 2 fully saturated rings. The van der Waals surface area contributed by atoms with Gasteiger partial charge in [-0.05, 0) is 49.8 Å². The Hall–Kier alpha value is -2.71. The molecule has 1 amide bonds. The van der Waals surface area contributed by atoms with E-state index in [-0.39, 0.29) is 30.5 Å². The fourth-order valence-corrected chi connectivity index (χ4v) is 6.18. The Morgan fingerprint density at radius 2 is 1.39 bits per heavy atom. The fourth-order valence-electron chi connectivity index (χ4n) is 4.72. The van der Waals surface area contributed by atoms with Gasteiger partial charge in [0.2, 0.25) is 10.0 Å². The molecule has 0 atom stereocenters. The van der Waals surface area contributed by atoms with Crippen molar-refractivity contribution in [1.82, 2.24) is 9.21 Å². The first kappa shape index (κ1) is 23.4. The van der Waals surface area contributed by atoms with Crippen molar-refractivity contribution in [2.24, 2.45) is 0 Å². The molecular formula is C25H30N2O5S. The number of likely N-dealkylation sites (tertiary alicyclic amines) is 1. The topological polar surface area (TPSA) is 84.0 Å². The van der Waals surface area contributed by atoms with Crippen LogP contribution in [0, 0.1) is 0 Å². The smallest absolute Gasteiger partial charge is 0.317 e. The highest BCUT2D eigenvalue weighted by molar-refractivity contribution is 7.89. The molecule has 0 N–H and O–H groups in total. The van der Waals surface area contributed by atoms with Crippen molar-refractivity contribution in [2.75, 3.05) is 32.8 Å². The van der Waals surface area contributed by atoms with Crippen molar-refractivity contribution >= 4 is 21.9 Å². The summed E-state index contributed by atoms with van der Waals surface area (Å²) in [5, 5.41) is 0. The van der Waals surface area contributed by atoms with Crippen LogP contribution < -0.4 is 0 Å². The molecule has 4 rings (SSSR count). The van der Waals surface area contributed by atoms with Crippen molar-refractivity contribution in [2.45, 2.75) is 42.4 Å². The van der Waals surface area contributed by atoms with Crippen LogP contribution in [0.4, 0.5) is 0 Å². The molecular weight excluding hydrogens is 440 g/mol. The number of sulfonamides is 1. The number of nitrogens with zero attached hydrogens (tertiary/aromatic N) is 2. The summed E-state index contributed by atoms with van der Waals surface area (Å²) in [7, 11) is -3.64. The summed E-state index contributed by atoms with van der Waals surface area (Å²) in [6.07, 6.45) is 3.64. The molecule has 176 valence electrons. The highest BCUT2D eigenvalue weighted by Gasteiger charge is 2.46. The second-order valence-corrected chi connectivity index (χ2v) is 10.6. The van der Waals surface area contributed by atoms with E-state index in [1.807, 2.05) is 30.3 Å².